The van der Waals surface area contributed by atoms with E-state index in [1.165, 1.54) is 6.07 Å². The van der Waals surface area contributed by atoms with Crippen LogP contribution in [-0.4, -0.2) is 14.0 Å². The molecule has 1 radical (unpaired) electrons. The monoisotopic (exact) mass is 292 g/mol. The maximum atomic E-state index is 11.0. The topological polar surface area (TPSA) is 52.4 Å². The first-order chi connectivity index (χ1) is 9.21. The summed E-state index contributed by atoms with van der Waals surface area (Å²) in [6.07, 6.45) is 2.49. The molecule has 0 saturated heterocycles. The summed E-state index contributed by atoms with van der Waals surface area (Å²) in [6, 6.07) is 6.84. The lowest BCUT2D eigenvalue weighted by Crippen LogP contribution is -2.18. The minimum Gasteiger partial charge on any atom is -0.545 e. The van der Waals surface area contributed by atoms with Crippen LogP contribution < -0.4 is 0 Å². The van der Waals surface area contributed by atoms with Crippen molar-refractivity contribution in [2.45, 2.75) is 40.3 Å². The number of allylic oxidation sites excluding steroid dienone is 2. The SMILES string of the molecule is C[Si](C)OC(=CCc1ccccc1[N+](=O)[O-])C(C)(C)C. The highest BCUT2D eigenvalue weighted by Gasteiger charge is 2.20. The summed E-state index contributed by atoms with van der Waals surface area (Å²) in [4.78, 5) is 10.7. The quantitative estimate of drug-likeness (QED) is 0.351. The summed E-state index contributed by atoms with van der Waals surface area (Å²) >= 11 is 0. The number of benzene rings is 1. The van der Waals surface area contributed by atoms with Gasteiger partial charge in [0.05, 0.1) is 10.7 Å². The molecule has 0 heterocycles. The average molecular weight is 292 g/mol. The van der Waals surface area contributed by atoms with E-state index in [4.69, 9.17) is 4.43 Å². The van der Waals surface area contributed by atoms with E-state index in [1.807, 2.05) is 12.1 Å². The fourth-order valence-corrected chi connectivity index (χ4v) is 2.61. The molecule has 0 aromatic heterocycles. The van der Waals surface area contributed by atoms with Crippen molar-refractivity contribution in [1.82, 2.24) is 0 Å². The molecular formula is C15H22NO3Si. The molecule has 0 atom stereocenters. The van der Waals surface area contributed by atoms with Crippen molar-refractivity contribution >= 4 is 14.7 Å². The van der Waals surface area contributed by atoms with Gasteiger partial charge in [0.2, 0.25) is 0 Å². The van der Waals surface area contributed by atoms with Crippen LogP contribution in [0.2, 0.25) is 13.1 Å². The Morgan fingerprint density at radius 3 is 2.45 bits per heavy atom. The third-order valence-electron chi connectivity index (χ3n) is 2.75. The van der Waals surface area contributed by atoms with Crippen molar-refractivity contribution in [3.63, 3.8) is 0 Å². The van der Waals surface area contributed by atoms with Gasteiger partial charge in [0.15, 0.2) is 0 Å². The van der Waals surface area contributed by atoms with Crippen LogP contribution in [0.5, 0.6) is 0 Å². The summed E-state index contributed by atoms with van der Waals surface area (Å²) in [6.45, 7) is 10.4. The molecule has 0 aliphatic rings. The van der Waals surface area contributed by atoms with Gasteiger partial charge in [-0.1, -0.05) is 39.0 Å². The van der Waals surface area contributed by atoms with Crippen LogP contribution in [0.1, 0.15) is 26.3 Å². The van der Waals surface area contributed by atoms with E-state index >= 15 is 0 Å². The molecule has 4 nitrogen and oxygen atoms in total. The zero-order valence-corrected chi connectivity index (χ0v) is 13.8. The number of rotatable bonds is 5. The van der Waals surface area contributed by atoms with Gasteiger partial charge in [-0.05, 0) is 19.2 Å². The second-order valence-corrected chi connectivity index (χ2v) is 7.94. The van der Waals surface area contributed by atoms with E-state index in [2.05, 4.69) is 33.9 Å². The molecule has 0 N–H and O–H groups in total. The first-order valence-electron chi connectivity index (χ1n) is 6.62. The predicted octanol–water partition coefficient (Wildman–Crippen LogP) is 4.34. The summed E-state index contributed by atoms with van der Waals surface area (Å²) < 4.78 is 5.93. The lowest BCUT2D eigenvalue weighted by molar-refractivity contribution is -0.385. The fraction of sp³-hybridized carbons (Fsp3) is 0.467. The lowest BCUT2D eigenvalue weighted by atomic mass is 9.92. The molecule has 5 heteroatoms. The Balaban J connectivity index is 3.01. The van der Waals surface area contributed by atoms with Gasteiger partial charge in [0.25, 0.3) is 14.7 Å². The van der Waals surface area contributed by atoms with Gasteiger partial charge in [-0.15, -0.1) is 0 Å². The second-order valence-electron chi connectivity index (χ2n) is 5.92. The van der Waals surface area contributed by atoms with Gasteiger partial charge >= 0.3 is 0 Å². The minimum absolute atomic E-state index is 0.0918. The summed E-state index contributed by atoms with van der Waals surface area (Å²) in [5.41, 5.74) is 0.783. The van der Waals surface area contributed by atoms with E-state index in [0.717, 1.165) is 5.76 Å². The molecule has 0 saturated carbocycles. The van der Waals surface area contributed by atoms with Crippen molar-refractivity contribution < 1.29 is 9.35 Å². The smallest absolute Gasteiger partial charge is 0.273 e. The Kier molecular flexibility index (Phi) is 5.50. The van der Waals surface area contributed by atoms with Gasteiger partial charge in [-0.3, -0.25) is 10.1 Å². The molecule has 1 rings (SSSR count). The van der Waals surface area contributed by atoms with Crippen molar-refractivity contribution in [3.8, 4) is 0 Å². The molecule has 0 aliphatic heterocycles. The van der Waals surface area contributed by atoms with Crippen LogP contribution in [0.15, 0.2) is 36.1 Å². The maximum absolute atomic E-state index is 11.0. The van der Waals surface area contributed by atoms with Gasteiger partial charge < -0.3 is 4.43 Å². The van der Waals surface area contributed by atoms with Gasteiger partial charge in [-0.25, -0.2) is 0 Å². The zero-order valence-electron chi connectivity index (χ0n) is 12.8. The largest absolute Gasteiger partial charge is 0.545 e. The van der Waals surface area contributed by atoms with E-state index < -0.39 is 9.04 Å². The Morgan fingerprint density at radius 1 is 1.35 bits per heavy atom. The van der Waals surface area contributed by atoms with Gasteiger partial charge in [0, 0.05) is 23.5 Å². The fourth-order valence-electron chi connectivity index (χ4n) is 1.79. The number of nitro groups is 1. The lowest BCUT2D eigenvalue weighted by Gasteiger charge is -2.25. The normalized spacial score (nSPS) is 12.6. The Hall–Kier alpha value is -1.62. The minimum atomic E-state index is -0.847. The second kappa shape index (κ2) is 6.70. The highest BCUT2D eigenvalue weighted by molar-refractivity contribution is 6.48. The van der Waals surface area contributed by atoms with Crippen LogP contribution in [-0.2, 0) is 10.8 Å². The van der Waals surface area contributed by atoms with E-state index in [1.54, 1.807) is 12.1 Å². The zero-order chi connectivity index (χ0) is 15.3. The number of hydrogen-bond acceptors (Lipinski definition) is 3. The third kappa shape index (κ3) is 4.81. The van der Waals surface area contributed by atoms with E-state index in [-0.39, 0.29) is 16.0 Å². The van der Waals surface area contributed by atoms with Gasteiger partial charge in [0.1, 0.15) is 0 Å². The highest BCUT2D eigenvalue weighted by Crippen LogP contribution is 2.28. The van der Waals surface area contributed by atoms with Crippen LogP contribution in [0.25, 0.3) is 0 Å². The Bertz CT molecular complexity index is 504. The molecule has 20 heavy (non-hydrogen) atoms. The van der Waals surface area contributed by atoms with E-state index in [9.17, 15) is 10.1 Å². The van der Waals surface area contributed by atoms with Gasteiger partial charge in [-0.2, -0.15) is 0 Å². The number of hydrogen-bond donors (Lipinski definition) is 0. The van der Waals surface area contributed by atoms with Crippen molar-refractivity contribution in [3.05, 3.63) is 51.8 Å². The first kappa shape index (κ1) is 16.4. The molecule has 1 aromatic rings. The molecular weight excluding hydrogens is 270 g/mol. The molecule has 0 aliphatic carbocycles. The molecule has 0 unspecified atom stereocenters. The van der Waals surface area contributed by atoms with Crippen molar-refractivity contribution in [2.24, 2.45) is 5.41 Å². The molecule has 1 aromatic carbocycles. The van der Waals surface area contributed by atoms with Crippen LogP contribution in [0.3, 0.4) is 0 Å². The molecule has 109 valence electrons. The van der Waals surface area contributed by atoms with Crippen LogP contribution in [0.4, 0.5) is 5.69 Å². The van der Waals surface area contributed by atoms with Crippen LogP contribution in [0, 0.1) is 15.5 Å². The molecule has 0 fully saturated rings. The number of nitrogens with zero attached hydrogens (tertiary/aromatic N) is 1. The molecule has 0 spiro atoms. The number of para-hydroxylation sites is 1. The van der Waals surface area contributed by atoms with E-state index in [0.29, 0.717) is 12.0 Å². The standard InChI is InChI=1S/C15H22NO3Si/c1-15(2,3)14(19-20(4)5)11-10-12-8-6-7-9-13(12)16(17)18/h6-9,11H,10H2,1-5H3. The highest BCUT2D eigenvalue weighted by atomic mass is 28.3. The average Bonchev–Trinajstić information content (AvgIpc) is 2.33. The summed E-state index contributed by atoms with van der Waals surface area (Å²) in [7, 11) is -0.847. The van der Waals surface area contributed by atoms with Crippen LogP contribution >= 0.6 is 0 Å². The molecule has 0 amide bonds. The summed E-state index contributed by atoms with van der Waals surface area (Å²) in [5.74, 6) is 0.912. The predicted molar refractivity (Wildman–Crippen MR) is 82.9 cm³/mol. The number of nitro benzene ring substituents is 1. The molecule has 0 bridgehead atoms. The first-order valence-corrected chi connectivity index (χ1v) is 9.03. The van der Waals surface area contributed by atoms with Crippen molar-refractivity contribution in [1.29, 1.82) is 0 Å². The maximum Gasteiger partial charge on any atom is 0.273 e. The third-order valence-corrected chi connectivity index (χ3v) is 3.38. The summed E-state index contributed by atoms with van der Waals surface area (Å²) in [5, 5.41) is 11.0. The Labute approximate surface area is 122 Å². The Morgan fingerprint density at radius 2 is 1.95 bits per heavy atom. The van der Waals surface area contributed by atoms with Crippen molar-refractivity contribution in [2.75, 3.05) is 0 Å².